The van der Waals surface area contributed by atoms with Gasteiger partial charge < -0.3 is 5.11 Å². The maximum atomic E-state index is 11.5. The van der Waals surface area contributed by atoms with E-state index in [0.29, 0.717) is 12.8 Å². The lowest BCUT2D eigenvalue weighted by atomic mass is 10.0. The maximum Gasteiger partial charge on any atom is 0.270 e. The second-order valence-electron chi connectivity index (χ2n) is 7.09. The predicted molar refractivity (Wildman–Crippen MR) is 102 cm³/mol. The lowest BCUT2D eigenvalue weighted by Gasteiger charge is -2.20. The first kappa shape index (κ1) is 23.9. The van der Waals surface area contributed by atoms with Gasteiger partial charge in [-0.2, -0.15) is 8.42 Å². The molecule has 0 amide bonds. The molecule has 0 aromatic rings. The van der Waals surface area contributed by atoms with Crippen LogP contribution in [-0.2, 0) is 10.1 Å². The van der Waals surface area contributed by atoms with Gasteiger partial charge in [-0.05, 0) is 12.8 Å². The van der Waals surface area contributed by atoms with E-state index < -0.39 is 21.5 Å². The molecule has 4 nitrogen and oxygen atoms in total. The third-order valence-corrected chi connectivity index (χ3v) is 6.07. The van der Waals surface area contributed by atoms with Gasteiger partial charge in [-0.15, -0.1) is 0 Å². The molecule has 0 radical (unpaired) electrons. The molecule has 0 spiro atoms. The second kappa shape index (κ2) is 15.2. The van der Waals surface area contributed by atoms with Crippen LogP contribution in [0.15, 0.2) is 0 Å². The van der Waals surface area contributed by atoms with Gasteiger partial charge in [-0.25, -0.2) is 0 Å². The number of hydrogen-bond donors (Lipinski definition) is 2. The summed E-state index contributed by atoms with van der Waals surface area (Å²) in [7, 11) is -4.16. The van der Waals surface area contributed by atoms with E-state index >= 15 is 0 Å². The van der Waals surface area contributed by atoms with Crippen molar-refractivity contribution in [2.75, 3.05) is 0 Å². The predicted octanol–water partition coefficient (Wildman–Crippen LogP) is 5.50. The molecule has 2 N–H and O–H groups in total. The molecule has 5 heteroatoms. The largest absolute Gasteiger partial charge is 0.392 e. The quantitative estimate of drug-likeness (QED) is 0.264. The fourth-order valence-corrected chi connectivity index (χ4v) is 4.16. The van der Waals surface area contributed by atoms with E-state index in [1.165, 1.54) is 32.1 Å². The Labute approximate surface area is 150 Å². The minimum atomic E-state index is -4.16. The molecule has 0 saturated heterocycles. The Morgan fingerprint density at radius 2 is 1.04 bits per heavy atom. The molecule has 0 heterocycles. The Morgan fingerprint density at radius 3 is 1.46 bits per heavy atom. The van der Waals surface area contributed by atoms with Crippen LogP contribution in [0.25, 0.3) is 0 Å². The van der Waals surface area contributed by atoms with Gasteiger partial charge in [0.05, 0.1) is 6.10 Å². The molecule has 0 aromatic carbocycles. The van der Waals surface area contributed by atoms with Crippen molar-refractivity contribution in [1.29, 1.82) is 0 Å². The Balaban J connectivity index is 3.94. The monoisotopic (exact) mass is 364 g/mol. The van der Waals surface area contributed by atoms with E-state index in [1.54, 1.807) is 0 Å². The summed E-state index contributed by atoms with van der Waals surface area (Å²) in [5.41, 5.74) is 0. The first-order valence-electron chi connectivity index (χ1n) is 10.1. The zero-order chi connectivity index (χ0) is 18.3. The zero-order valence-electron chi connectivity index (χ0n) is 15.9. The van der Waals surface area contributed by atoms with Crippen LogP contribution in [0.1, 0.15) is 110 Å². The van der Waals surface area contributed by atoms with E-state index in [0.717, 1.165) is 51.4 Å². The molecule has 146 valence electrons. The fourth-order valence-electron chi connectivity index (χ4n) is 3.16. The molecule has 0 aliphatic rings. The minimum absolute atomic E-state index is 0.362. The zero-order valence-corrected chi connectivity index (χ0v) is 16.7. The molecule has 0 aliphatic carbocycles. The highest BCUT2D eigenvalue weighted by atomic mass is 32.2. The van der Waals surface area contributed by atoms with Crippen molar-refractivity contribution in [1.82, 2.24) is 0 Å². The smallest absolute Gasteiger partial charge is 0.270 e. The van der Waals surface area contributed by atoms with Gasteiger partial charge >= 0.3 is 0 Å². The highest BCUT2D eigenvalue weighted by Gasteiger charge is 2.29. The average Bonchev–Trinajstić information content (AvgIpc) is 2.52. The van der Waals surface area contributed by atoms with Crippen molar-refractivity contribution in [3.05, 3.63) is 0 Å². The number of unbranched alkanes of at least 4 members (excludes halogenated alkanes) is 11. The molecule has 0 rings (SSSR count). The van der Waals surface area contributed by atoms with Crippen molar-refractivity contribution in [2.45, 2.75) is 122 Å². The molecule has 24 heavy (non-hydrogen) atoms. The molecule has 0 aliphatic heterocycles. The van der Waals surface area contributed by atoms with E-state index in [-0.39, 0.29) is 0 Å². The van der Waals surface area contributed by atoms with Crippen molar-refractivity contribution >= 4 is 10.1 Å². The van der Waals surface area contributed by atoms with Crippen LogP contribution in [0, 0.1) is 0 Å². The van der Waals surface area contributed by atoms with Crippen molar-refractivity contribution in [3.63, 3.8) is 0 Å². The van der Waals surface area contributed by atoms with Gasteiger partial charge in [-0.1, -0.05) is 97.3 Å². The van der Waals surface area contributed by atoms with Crippen LogP contribution in [0.2, 0.25) is 0 Å². The fraction of sp³-hybridized carbons (Fsp3) is 1.00. The van der Waals surface area contributed by atoms with Crippen molar-refractivity contribution in [2.24, 2.45) is 0 Å². The molecule has 2 atom stereocenters. The highest BCUT2D eigenvalue weighted by Crippen LogP contribution is 2.20. The SMILES string of the molecule is CCCCCCCCCCC(O)C(CCCCCCC)S(=O)(=O)O. The molecule has 0 bridgehead atoms. The summed E-state index contributed by atoms with van der Waals surface area (Å²) in [6.45, 7) is 4.34. The lowest BCUT2D eigenvalue weighted by molar-refractivity contribution is 0.146. The van der Waals surface area contributed by atoms with E-state index in [1.807, 2.05) is 0 Å². The Morgan fingerprint density at radius 1 is 0.667 bits per heavy atom. The van der Waals surface area contributed by atoms with Crippen molar-refractivity contribution < 1.29 is 18.1 Å². The second-order valence-corrected chi connectivity index (χ2v) is 8.72. The summed E-state index contributed by atoms with van der Waals surface area (Å²) in [5, 5.41) is 9.17. The normalized spacial score (nSPS) is 14.7. The lowest BCUT2D eigenvalue weighted by Crippen LogP contribution is -2.33. The van der Waals surface area contributed by atoms with Gasteiger partial charge in [0, 0.05) is 0 Å². The van der Waals surface area contributed by atoms with Crippen molar-refractivity contribution in [3.8, 4) is 0 Å². The Bertz CT molecular complexity index is 368. The number of aliphatic hydroxyl groups excluding tert-OH is 1. The first-order chi connectivity index (χ1) is 11.4. The summed E-state index contributed by atoms with van der Waals surface area (Å²) in [6, 6.07) is 0. The Kier molecular flexibility index (Phi) is 15.1. The summed E-state index contributed by atoms with van der Waals surface area (Å²) < 4.78 is 32.4. The minimum Gasteiger partial charge on any atom is -0.392 e. The highest BCUT2D eigenvalue weighted by molar-refractivity contribution is 7.86. The van der Waals surface area contributed by atoms with Gasteiger partial charge in [0.25, 0.3) is 10.1 Å². The summed E-state index contributed by atoms with van der Waals surface area (Å²) >= 11 is 0. The molecule has 0 saturated carbocycles. The van der Waals surface area contributed by atoms with Crippen LogP contribution < -0.4 is 0 Å². The first-order valence-corrected chi connectivity index (χ1v) is 11.6. The average molecular weight is 365 g/mol. The topological polar surface area (TPSA) is 74.6 Å². The van der Waals surface area contributed by atoms with Gasteiger partial charge in [0.2, 0.25) is 0 Å². The number of rotatable bonds is 17. The molecule has 2 unspecified atom stereocenters. The number of hydrogen-bond acceptors (Lipinski definition) is 3. The summed E-state index contributed by atoms with van der Waals surface area (Å²) in [4.78, 5) is 0. The van der Waals surface area contributed by atoms with Gasteiger partial charge in [-0.3, -0.25) is 4.55 Å². The van der Waals surface area contributed by atoms with E-state index in [4.69, 9.17) is 0 Å². The maximum absolute atomic E-state index is 11.5. The number of aliphatic hydroxyl groups is 1. The molecule has 0 aromatic heterocycles. The standard InChI is InChI=1S/C19H40O4S/c1-3-5-7-9-10-11-13-14-16-18(20)19(24(21,22)23)17-15-12-8-6-4-2/h18-20H,3-17H2,1-2H3,(H,21,22,23). The van der Waals surface area contributed by atoms with E-state index in [2.05, 4.69) is 13.8 Å². The van der Waals surface area contributed by atoms with E-state index in [9.17, 15) is 18.1 Å². The van der Waals surface area contributed by atoms with Crippen LogP contribution in [-0.4, -0.2) is 29.4 Å². The van der Waals surface area contributed by atoms with Crippen LogP contribution >= 0.6 is 0 Å². The molecule has 0 fully saturated rings. The van der Waals surface area contributed by atoms with Gasteiger partial charge in [0.15, 0.2) is 0 Å². The third kappa shape index (κ3) is 13.2. The summed E-state index contributed by atoms with van der Waals surface area (Å²) in [5.74, 6) is 0. The van der Waals surface area contributed by atoms with Crippen LogP contribution in [0.3, 0.4) is 0 Å². The summed E-state index contributed by atoms with van der Waals surface area (Å²) in [6.07, 6.45) is 14.3. The van der Waals surface area contributed by atoms with Gasteiger partial charge in [0.1, 0.15) is 5.25 Å². The molecular weight excluding hydrogens is 324 g/mol. The molecular formula is C19H40O4S. The van der Waals surface area contributed by atoms with Crippen LogP contribution in [0.5, 0.6) is 0 Å². The van der Waals surface area contributed by atoms with Crippen LogP contribution in [0.4, 0.5) is 0 Å². The third-order valence-electron chi connectivity index (χ3n) is 4.76. The Hall–Kier alpha value is -0.130.